The summed E-state index contributed by atoms with van der Waals surface area (Å²) >= 11 is 0. The highest BCUT2D eigenvalue weighted by Gasteiger charge is 2.27. The number of hydrogen-bond donors (Lipinski definition) is 1. The predicted molar refractivity (Wildman–Crippen MR) is 79.3 cm³/mol. The second-order valence-electron chi connectivity index (χ2n) is 5.80. The third-order valence-electron chi connectivity index (χ3n) is 3.25. The Morgan fingerprint density at radius 2 is 1.90 bits per heavy atom. The standard InChI is InChI=1S/C13H26N2O5S/c1-4-14(11-13(2,3)17)12(16)5-10-21(18,19)15-6-8-20-9-7-15/h17H,4-11H2,1-3H3. The Balaban J connectivity index is 2.54. The van der Waals surface area contributed by atoms with Gasteiger partial charge in [0, 0.05) is 32.6 Å². The Hall–Kier alpha value is -0.700. The van der Waals surface area contributed by atoms with E-state index in [0.29, 0.717) is 32.8 Å². The van der Waals surface area contributed by atoms with Crippen LogP contribution >= 0.6 is 0 Å². The van der Waals surface area contributed by atoms with E-state index in [2.05, 4.69) is 0 Å². The molecule has 0 unspecified atom stereocenters. The van der Waals surface area contributed by atoms with Gasteiger partial charge in [-0.05, 0) is 20.8 Å². The first kappa shape index (κ1) is 18.3. The van der Waals surface area contributed by atoms with Crippen LogP contribution in [0.25, 0.3) is 0 Å². The molecule has 0 aromatic heterocycles. The van der Waals surface area contributed by atoms with E-state index in [-0.39, 0.29) is 24.6 Å². The minimum atomic E-state index is -3.42. The molecule has 0 aliphatic carbocycles. The third kappa shape index (κ3) is 6.29. The molecule has 1 aliphatic rings. The molecule has 0 aromatic carbocycles. The van der Waals surface area contributed by atoms with Crippen LogP contribution in [0.3, 0.4) is 0 Å². The summed E-state index contributed by atoms with van der Waals surface area (Å²) in [5.74, 6) is -0.453. The van der Waals surface area contributed by atoms with Crippen LogP contribution in [0.5, 0.6) is 0 Å². The molecule has 1 heterocycles. The van der Waals surface area contributed by atoms with Crippen LogP contribution in [-0.4, -0.2) is 79.4 Å². The van der Waals surface area contributed by atoms with E-state index in [4.69, 9.17) is 4.74 Å². The van der Waals surface area contributed by atoms with E-state index >= 15 is 0 Å². The van der Waals surface area contributed by atoms with Gasteiger partial charge in [0.2, 0.25) is 15.9 Å². The maximum absolute atomic E-state index is 12.1. The van der Waals surface area contributed by atoms with Crippen LogP contribution in [0.4, 0.5) is 0 Å². The number of morpholine rings is 1. The van der Waals surface area contributed by atoms with Gasteiger partial charge in [0.25, 0.3) is 0 Å². The molecular weight excluding hydrogens is 296 g/mol. The Morgan fingerprint density at radius 3 is 2.38 bits per heavy atom. The second kappa shape index (κ2) is 7.53. The molecule has 1 N–H and O–H groups in total. The van der Waals surface area contributed by atoms with Crippen LogP contribution in [0.2, 0.25) is 0 Å². The molecule has 0 radical (unpaired) electrons. The van der Waals surface area contributed by atoms with Crippen molar-refractivity contribution < 1.29 is 23.1 Å². The molecule has 0 spiro atoms. The summed E-state index contributed by atoms with van der Waals surface area (Å²) in [5, 5.41) is 9.77. The molecule has 1 aliphatic heterocycles. The smallest absolute Gasteiger partial charge is 0.223 e. The van der Waals surface area contributed by atoms with Gasteiger partial charge in [0.1, 0.15) is 0 Å². The van der Waals surface area contributed by atoms with E-state index in [9.17, 15) is 18.3 Å². The lowest BCUT2D eigenvalue weighted by Crippen LogP contribution is -2.44. The average molecular weight is 322 g/mol. The number of carbonyl (C=O) groups excluding carboxylic acids is 1. The fraction of sp³-hybridized carbons (Fsp3) is 0.923. The largest absolute Gasteiger partial charge is 0.389 e. The molecule has 1 saturated heterocycles. The van der Waals surface area contributed by atoms with E-state index in [1.807, 2.05) is 0 Å². The predicted octanol–water partition coefficient (Wildman–Crippen LogP) is -0.342. The van der Waals surface area contributed by atoms with Crippen molar-refractivity contribution >= 4 is 15.9 Å². The monoisotopic (exact) mass is 322 g/mol. The summed E-state index contributed by atoms with van der Waals surface area (Å²) in [5.41, 5.74) is -0.991. The van der Waals surface area contributed by atoms with Crippen molar-refractivity contribution in [3.05, 3.63) is 0 Å². The zero-order valence-electron chi connectivity index (χ0n) is 13.0. The molecular formula is C13H26N2O5S. The van der Waals surface area contributed by atoms with Gasteiger partial charge >= 0.3 is 0 Å². The number of nitrogens with zero attached hydrogens (tertiary/aromatic N) is 2. The van der Waals surface area contributed by atoms with Crippen LogP contribution in [0.15, 0.2) is 0 Å². The number of amides is 1. The van der Waals surface area contributed by atoms with Gasteiger partial charge in [-0.2, -0.15) is 4.31 Å². The van der Waals surface area contributed by atoms with Gasteiger partial charge in [-0.25, -0.2) is 8.42 Å². The second-order valence-corrected chi connectivity index (χ2v) is 7.89. The molecule has 0 aromatic rings. The quantitative estimate of drug-likeness (QED) is 0.693. The Kier molecular flexibility index (Phi) is 6.58. The van der Waals surface area contributed by atoms with Crippen LogP contribution < -0.4 is 0 Å². The number of hydrogen-bond acceptors (Lipinski definition) is 5. The van der Waals surface area contributed by atoms with Gasteiger partial charge in [0.15, 0.2) is 0 Å². The highest BCUT2D eigenvalue weighted by Crippen LogP contribution is 2.10. The maximum Gasteiger partial charge on any atom is 0.223 e. The molecule has 0 saturated carbocycles. The van der Waals surface area contributed by atoms with E-state index in [1.54, 1.807) is 20.8 Å². The summed E-state index contributed by atoms with van der Waals surface area (Å²) in [7, 11) is -3.42. The molecule has 0 atom stereocenters. The Morgan fingerprint density at radius 1 is 1.33 bits per heavy atom. The number of likely N-dealkylation sites (N-methyl/N-ethyl adjacent to an activating group) is 1. The summed E-state index contributed by atoms with van der Waals surface area (Å²) < 4.78 is 30.8. The molecule has 1 rings (SSSR count). The first-order valence-corrected chi connectivity index (χ1v) is 8.82. The Labute approximate surface area is 126 Å². The van der Waals surface area contributed by atoms with E-state index in [1.165, 1.54) is 9.21 Å². The molecule has 8 heteroatoms. The minimum Gasteiger partial charge on any atom is -0.389 e. The van der Waals surface area contributed by atoms with Gasteiger partial charge < -0.3 is 14.7 Å². The number of rotatable bonds is 7. The third-order valence-corrected chi connectivity index (χ3v) is 5.12. The summed E-state index contributed by atoms with van der Waals surface area (Å²) in [4.78, 5) is 13.6. The van der Waals surface area contributed by atoms with Crippen molar-refractivity contribution in [2.45, 2.75) is 32.8 Å². The zero-order valence-corrected chi connectivity index (χ0v) is 13.9. The maximum atomic E-state index is 12.1. The molecule has 7 nitrogen and oxygen atoms in total. The number of ether oxygens (including phenoxy) is 1. The van der Waals surface area contributed by atoms with Crippen molar-refractivity contribution in [2.24, 2.45) is 0 Å². The van der Waals surface area contributed by atoms with E-state index in [0.717, 1.165) is 0 Å². The first-order valence-electron chi connectivity index (χ1n) is 7.21. The minimum absolute atomic E-state index is 0.0659. The number of sulfonamides is 1. The fourth-order valence-corrected chi connectivity index (χ4v) is 3.57. The lowest BCUT2D eigenvalue weighted by atomic mass is 10.1. The lowest BCUT2D eigenvalue weighted by Gasteiger charge is -2.29. The summed E-state index contributed by atoms with van der Waals surface area (Å²) in [6.07, 6.45) is -0.0659. The lowest BCUT2D eigenvalue weighted by molar-refractivity contribution is -0.133. The normalized spacial score (nSPS) is 17.7. The molecule has 124 valence electrons. The first-order chi connectivity index (χ1) is 9.65. The molecule has 0 bridgehead atoms. The molecule has 1 amide bonds. The van der Waals surface area contributed by atoms with Crippen LogP contribution in [0.1, 0.15) is 27.2 Å². The number of carbonyl (C=O) groups is 1. The zero-order chi connectivity index (χ0) is 16.1. The van der Waals surface area contributed by atoms with Gasteiger partial charge in [0.05, 0.1) is 24.6 Å². The average Bonchev–Trinajstić information content (AvgIpc) is 2.42. The van der Waals surface area contributed by atoms with Crippen LogP contribution in [-0.2, 0) is 19.6 Å². The van der Waals surface area contributed by atoms with Crippen molar-refractivity contribution in [1.29, 1.82) is 0 Å². The van der Waals surface area contributed by atoms with E-state index < -0.39 is 15.6 Å². The summed E-state index contributed by atoms with van der Waals surface area (Å²) in [6.45, 7) is 7.16. The van der Waals surface area contributed by atoms with Gasteiger partial charge in [-0.1, -0.05) is 0 Å². The van der Waals surface area contributed by atoms with Crippen molar-refractivity contribution in [3.8, 4) is 0 Å². The van der Waals surface area contributed by atoms with Crippen LogP contribution in [0, 0.1) is 0 Å². The van der Waals surface area contributed by atoms with Crippen molar-refractivity contribution in [3.63, 3.8) is 0 Å². The number of aliphatic hydroxyl groups is 1. The highest BCUT2D eigenvalue weighted by atomic mass is 32.2. The molecule has 1 fully saturated rings. The SMILES string of the molecule is CCN(CC(C)(C)O)C(=O)CCS(=O)(=O)N1CCOCC1. The van der Waals surface area contributed by atoms with Crippen molar-refractivity contribution in [1.82, 2.24) is 9.21 Å². The highest BCUT2D eigenvalue weighted by molar-refractivity contribution is 7.89. The fourth-order valence-electron chi connectivity index (χ4n) is 2.17. The summed E-state index contributed by atoms with van der Waals surface area (Å²) in [6, 6.07) is 0. The Bertz CT molecular complexity index is 438. The molecule has 21 heavy (non-hydrogen) atoms. The van der Waals surface area contributed by atoms with Crippen molar-refractivity contribution in [2.75, 3.05) is 45.1 Å². The van der Waals surface area contributed by atoms with Gasteiger partial charge in [-0.15, -0.1) is 0 Å². The topological polar surface area (TPSA) is 87.2 Å². The van der Waals surface area contributed by atoms with Gasteiger partial charge in [-0.3, -0.25) is 4.79 Å².